The van der Waals surface area contributed by atoms with Crippen LogP contribution in [0.25, 0.3) is 0 Å². The zero-order valence-corrected chi connectivity index (χ0v) is 14.9. The van der Waals surface area contributed by atoms with Crippen LogP contribution in [0.5, 0.6) is 0 Å². The Morgan fingerprint density at radius 3 is 2.35 bits per heavy atom. The van der Waals surface area contributed by atoms with E-state index >= 15 is 0 Å². The minimum atomic E-state index is -0.658. The summed E-state index contributed by atoms with van der Waals surface area (Å²) in [5.41, 5.74) is -0.596. The van der Waals surface area contributed by atoms with Crippen molar-refractivity contribution in [2.75, 3.05) is 6.54 Å². The molecule has 23 heavy (non-hydrogen) atoms. The first-order chi connectivity index (χ1) is 10.4. The summed E-state index contributed by atoms with van der Waals surface area (Å²) in [5, 5.41) is 9.30. The summed E-state index contributed by atoms with van der Waals surface area (Å²) in [4.78, 5) is 24.1. The van der Waals surface area contributed by atoms with Crippen LogP contribution < -0.4 is 10.6 Å². The fourth-order valence-electron chi connectivity index (χ4n) is 1.75. The molecular formula is C16H27N3O4. The molecule has 130 valence electrons. The average Bonchev–Trinajstić information content (AvgIpc) is 2.81. The summed E-state index contributed by atoms with van der Waals surface area (Å²) in [6, 6.07) is 1.57. The highest BCUT2D eigenvalue weighted by Gasteiger charge is 2.32. The van der Waals surface area contributed by atoms with E-state index in [1.807, 2.05) is 20.8 Å². The number of ether oxygens (including phenoxy) is 1. The first kappa shape index (κ1) is 19.0. The van der Waals surface area contributed by atoms with E-state index < -0.39 is 17.2 Å². The van der Waals surface area contributed by atoms with Crippen molar-refractivity contribution in [3.8, 4) is 0 Å². The Labute approximate surface area is 137 Å². The number of alkyl carbamates (subject to hydrolysis) is 1. The Morgan fingerprint density at radius 1 is 1.30 bits per heavy atom. The molecule has 1 atom stereocenters. The summed E-state index contributed by atoms with van der Waals surface area (Å²) in [6.07, 6.45) is -0.519. The molecule has 7 nitrogen and oxygen atoms in total. The topological polar surface area (TPSA) is 93.5 Å². The van der Waals surface area contributed by atoms with E-state index in [9.17, 15) is 9.59 Å². The quantitative estimate of drug-likeness (QED) is 0.868. The second kappa shape index (κ2) is 7.02. The third-order valence-corrected chi connectivity index (χ3v) is 3.52. The molecule has 2 amide bonds. The van der Waals surface area contributed by atoms with Crippen molar-refractivity contribution in [1.29, 1.82) is 0 Å². The van der Waals surface area contributed by atoms with Gasteiger partial charge in [-0.2, -0.15) is 0 Å². The number of aryl methyl sites for hydroxylation is 1. The van der Waals surface area contributed by atoms with E-state index in [1.165, 1.54) is 0 Å². The van der Waals surface area contributed by atoms with Gasteiger partial charge in [0.05, 0.1) is 11.2 Å². The van der Waals surface area contributed by atoms with Gasteiger partial charge in [0, 0.05) is 12.6 Å². The van der Waals surface area contributed by atoms with Gasteiger partial charge in [0.1, 0.15) is 5.60 Å². The number of nitrogens with one attached hydrogen (secondary N) is 2. The van der Waals surface area contributed by atoms with Gasteiger partial charge < -0.3 is 19.9 Å². The predicted molar refractivity (Wildman–Crippen MR) is 86.2 cm³/mol. The van der Waals surface area contributed by atoms with Gasteiger partial charge in [0.25, 0.3) is 5.91 Å². The molecule has 0 bridgehead atoms. The van der Waals surface area contributed by atoms with Crippen molar-refractivity contribution < 1.29 is 18.8 Å². The van der Waals surface area contributed by atoms with Crippen molar-refractivity contribution in [1.82, 2.24) is 15.8 Å². The largest absolute Gasteiger partial charge is 0.444 e. The Kier molecular flexibility index (Phi) is 5.80. The summed E-state index contributed by atoms with van der Waals surface area (Å²) >= 11 is 0. The van der Waals surface area contributed by atoms with Gasteiger partial charge in [-0.1, -0.05) is 19.0 Å². The number of carbonyl (C=O) groups is 2. The second-order valence-corrected chi connectivity index (χ2v) is 7.21. The molecule has 0 aliphatic carbocycles. The van der Waals surface area contributed by atoms with E-state index in [1.54, 1.807) is 33.8 Å². The first-order valence-corrected chi connectivity index (χ1v) is 7.65. The van der Waals surface area contributed by atoms with Crippen molar-refractivity contribution in [3.63, 3.8) is 0 Å². The minimum absolute atomic E-state index is 0.0744. The van der Waals surface area contributed by atoms with E-state index in [-0.39, 0.29) is 24.1 Å². The minimum Gasteiger partial charge on any atom is -0.444 e. The molecule has 1 unspecified atom stereocenters. The second-order valence-electron chi connectivity index (χ2n) is 7.21. The van der Waals surface area contributed by atoms with E-state index in [4.69, 9.17) is 9.26 Å². The number of amides is 2. The van der Waals surface area contributed by atoms with Gasteiger partial charge in [-0.3, -0.25) is 4.79 Å². The van der Waals surface area contributed by atoms with E-state index in [0.29, 0.717) is 5.69 Å². The van der Waals surface area contributed by atoms with Crippen LogP contribution in [0.2, 0.25) is 0 Å². The molecule has 0 aromatic carbocycles. The maximum absolute atomic E-state index is 12.3. The third kappa shape index (κ3) is 5.92. The number of hydrogen-bond donors (Lipinski definition) is 2. The molecule has 1 aromatic heterocycles. The zero-order valence-electron chi connectivity index (χ0n) is 14.9. The molecule has 0 saturated heterocycles. The van der Waals surface area contributed by atoms with E-state index in [0.717, 1.165) is 0 Å². The Bertz CT molecular complexity index is 560. The molecule has 1 aromatic rings. The smallest absolute Gasteiger partial charge is 0.407 e. The molecule has 1 rings (SSSR count). The number of carbonyl (C=O) groups excluding carboxylic acids is 2. The lowest BCUT2D eigenvalue weighted by molar-refractivity contribution is 0.0495. The van der Waals surface area contributed by atoms with Gasteiger partial charge in [0.15, 0.2) is 0 Å². The molecule has 2 N–H and O–H groups in total. The highest BCUT2D eigenvalue weighted by molar-refractivity contribution is 5.92. The van der Waals surface area contributed by atoms with Crippen LogP contribution in [0.15, 0.2) is 10.6 Å². The molecule has 0 spiro atoms. The number of rotatable bonds is 5. The van der Waals surface area contributed by atoms with Crippen LogP contribution in [0.1, 0.15) is 57.8 Å². The fourth-order valence-corrected chi connectivity index (χ4v) is 1.75. The number of hydrogen-bond acceptors (Lipinski definition) is 5. The van der Waals surface area contributed by atoms with Crippen molar-refractivity contribution in [2.24, 2.45) is 5.92 Å². The normalized spacial score (nSPS) is 14.3. The molecule has 0 aliphatic rings. The van der Waals surface area contributed by atoms with Gasteiger partial charge >= 0.3 is 6.09 Å². The van der Waals surface area contributed by atoms with Crippen LogP contribution >= 0.6 is 0 Å². The molecule has 0 fully saturated rings. The van der Waals surface area contributed by atoms with Crippen LogP contribution in [0.3, 0.4) is 0 Å². The maximum atomic E-state index is 12.3. The SMILES string of the molecule is Cc1cc(C(=O)NC(C)(CNC(=O)OC(C)(C)C)C(C)C)on1. The zero-order chi connectivity index (χ0) is 17.8. The van der Waals surface area contributed by atoms with Crippen LogP contribution in [-0.4, -0.2) is 34.8 Å². The molecule has 0 radical (unpaired) electrons. The lowest BCUT2D eigenvalue weighted by Crippen LogP contribution is -2.57. The Morgan fingerprint density at radius 2 is 1.91 bits per heavy atom. The third-order valence-electron chi connectivity index (χ3n) is 3.52. The maximum Gasteiger partial charge on any atom is 0.407 e. The highest BCUT2D eigenvalue weighted by atomic mass is 16.6. The van der Waals surface area contributed by atoms with Gasteiger partial charge in [0.2, 0.25) is 5.76 Å². The fraction of sp³-hybridized carbons (Fsp3) is 0.688. The van der Waals surface area contributed by atoms with Crippen LogP contribution in [0, 0.1) is 12.8 Å². The summed E-state index contributed by atoms with van der Waals surface area (Å²) in [6.45, 7) is 13.1. The molecule has 7 heteroatoms. The van der Waals surface area contributed by atoms with Crippen molar-refractivity contribution in [3.05, 3.63) is 17.5 Å². The molecule has 0 saturated carbocycles. The Hall–Kier alpha value is -2.05. The monoisotopic (exact) mass is 325 g/mol. The lowest BCUT2D eigenvalue weighted by Gasteiger charge is -2.35. The number of aromatic nitrogens is 1. The average molecular weight is 325 g/mol. The Balaban J connectivity index is 2.71. The van der Waals surface area contributed by atoms with E-state index in [2.05, 4.69) is 15.8 Å². The summed E-state index contributed by atoms with van der Waals surface area (Å²) in [7, 11) is 0. The number of nitrogens with zero attached hydrogens (tertiary/aromatic N) is 1. The summed E-state index contributed by atoms with van der Waals surface area (Å²) < 4.78 is 10.2. The van der Waals surface area contributed by atoms with Gasteiger partial charge in [-0.15, -0.1) is 0 Å². The van der Waals surface area contributed by atoms with Gasteiger partial charge in [-0.25, -0.2) is 4.79 Å². The first-order valence-electron chi connectivity index (χ1n) is 7.65. The lowest BCUT2D eigenvalue weighted by atomic mass is 9.88. The van der Waals surface area contributed by atoms with Crippen molar-refractivity contribution in [2.45, 2.75) is 59.6 Å². The van der Waals surface area contributed by atoms with Crippen LogP contribution in [-0.2, 0) is 4.74 Å². The van der Waals surface area contributed by atoms with Crippen molar-refractivity contribution >= 4 is 12.0 Å². The predicted octanol–water partition coefficient (Wildman–Crippen LogP) is 2.65. The van der Waals surface area contributed by atoms with Gasteiger partial charge in [-0.05, 0) is 40.5 Å². The highest BCUT2D eigenvalue weighted by Crippen LogP contribution is 2.17. The molecule has 1 heterocycles. The summed E-state index contributed by atoms with van der Waals surface area (Å²) in [5.74, 6) is -0.148. The molecule has 0 aliphatic heterocycles. The van der Waals surface area contributed by atoms with Crippen LogP contribution in [0.4, 0.5) is 4.79 Å². The standard InChI is InChI=1S/C16H27N3O4/c1-10(2)16(7,9-17-14(21)22-15(4,5)6)18-13(20)12-8-11(3)19-23-12/h8,10H,9H2,1-7H3,(H,17,21)(H,18,20). The molecular weight excluding hydrogens is 298 g/mol.